The maximum atomic E-state index is 11.9. The molecule has 1 amide bonds. The van der Waals surface area contributed by atoms with Crippen LogP contribution in [0.15, 0.2) is 51.1 Å². The average Bonchev–Trinajstić information content (AvgIpc) is 3.10. The number of benzene rings is 2. The molecule has 3 aromatic rings. The normalized spacial score (nSPS) is 11.0. The summed E-state index contributed by atoms with van der Waals surface area (Å²) in [6.07, 6.45) is 1.42. The highest BCUT2D eigenvalue weighted by atomic mass is 32.2. The zero-order valence-electron chi connectivity index (χ0n) is 14.6. The molecule has 0 spiro atoms. The maximum Gasteiger partial charge on any atom is 0.257 e. The molecule has 1 aromatic heterocycles. The molecule has 0 saturated heterocycles. The van der Waals surface area contributed by atoms with E-state index in [0.717, 1.165) is 5.52 Å². The highest BCUT2D eigenvalue weighted by Crippen LogP contribution is 2.36. The number of carbonyl (C=O) groups excluding carboxylic acids is 1. The third-order valence-corrected chi connectivity index (χ3v) is 4.33. The van der Waals surface area contributed by atoms with Crippen LogP contribution in [0.5, 0.6) is 17.2 Å². The Hall–Kier alpha value is -3.20. The van der Waals surface area contributed by atoms with Gasteiger partial charge in [0.15, 0.2) is 17.1 Å². The second kappa shape index (κ2) is 8.45. The minimum Gasteiger partial charge on any atom is -0.502 e. The summed E-state index contributed by atoms with van der Waals surface area (Å²) in [6, 6.07) is 10.5. The Labute approximate surface area is 159 Å². The Bertz CT molecular complexity index is 928. The van der Waals surface area contributed by atoms with Gasteiger partial charge < -0.3 is 19.0 Å². The number of phenols is 1. The van der Waals surface area contributed by atoms with Crippen LogP contribution in [0.1, 0.15) is 5.56 Å². The van der Waals surface area contributed by atoms with Crippen molar-refractivity contribution >= 4 is 35.0 Å². The molecule has 9 heteroatoms. The number of carbonyl (C=O) groups is 1. The van der Waals surface area contributed by atoms with Crippen LogP contribution in [-0.2, 0) is 4.79 Å². The number of thioether (sulfide) groups is 1. The number of hydrogen-bond donors (Lipinski definition) is 2. The molecule has 0 radical (unpaired) electrons. The number of aromatic nitrogens is 1. The molecule has 0 aliphatic rings. The second-order valence-corrected chi connectivity index (χ2v) is 6.23. The van der Waals surface area contributed by atoms with Crippen molar-refractivity contribution in [2.45, 2.75) is 5.22 Å². The number of para-hydroxylation sites is 2. The number of ether oxygens (including phenoxy) is 2. The summed E-state index contributed by atoms with van der Waals surface area (Å²) < 4.78 is 15.7. The van der Waals surface area contributed by atoms with E-state index in [1.807, 2.05) is 24.3 Å². The van der Waals surface area contributed by atoms with Crippen molar-refractivity contribution in [2.75, 3.05) is 20.0 Å². The fourth-order valence-corrected chi connectivity index (χ4v) is 2.87. The fraction of sp³-hybridized carbons (Fsp3) is 0.167. The van der Waals surface area contributed by atoms with Gasteiger partial charge in [0, 0.05) is 5.56 Å². The molecule has 2 aromatic carbocycles. The van der Waals surface area contributed by atoms with Crippen molar-refractivity contribution in [1.82, 2.24) is 10.4 Å². The first-order valence-corrected chi connectivity index (χ1v) is 8.84. The smallest absolute Gasteiger partial charge is 0.257 e. The Balaban J connectivity index is 1.57. The molecule has 0 fully saturated rings. The van der Waals surface area contributed by atoms with E-state index < -0.39 is 0 Å². The van der Waals surface area contributed by atoms with E-state index in [4.69, 9.17) is 13.9 Å². The van der Waals surface area contributed by atoms with Gasteiger partial charge in [-0.25, -0.2) is 10.4 Å². The summed E-state index contributed by atoms with van der Waals surface area (Å²) in [5.74, 6) is 0.182. The molecular weight excluding hydrogens is 370 g/mol. The van der Waals surface area contributed by atoms with Crippen molar-refractivity contribution < 1.29 is 23.8 Å². The first kappa shape index (κ1) is 18.6. The summed E-state index contributed by atoms with van der Waals surface area (Å²) in [7, 11) is 2.86. The lowest BCUT2D eigenvalue weighted by Crippen LogP contribution is -2.19. The van der Waals surface area contributed by atoms with Gasteiger partial charge in [0.1, 0.15) is 5.52 Å². The predicted molar refractivity (Wildman–Crippen MR) is 102 cm³/mol. The SMILES string of the molecule is COc1cc(/C=N\NC(=O)CSc2nc3ccccc3o2)cc(OC)c1O. The van der Waals surface area contributed by atoms with Gasteiger partial charge in [0.2, 0.25) is 5.75 Å². The van der Waals surface area contributed by atoms with Gasteiger partial charge in [-0.3, -0.25) is 4.79 Å². The Morgan fingerprint density at radius 2 is 2.00 bits per heavy atom. The molecule has 140 valence electrons. The molecule has 2 N–H and O–H groups in total. The molecule has 27 heavy (non-hydrogen) atoms. The summed E-state index contributed by atoms with van der Waals surface area (Å²) in [4.78, 5) is 16.2. The van der Waals surface area contributed by atoms with E-state index in [1.54, 1.807) is 12.1 Å². The summed E-state index contributed by atoms with van der Waals surface area (Å²) in [5.41, 5.74) is 4.43. The molecule has 1 heterocycles. The number of rotatable bonds is 7. The monoisotopic (exact) mass is 387 g/mol. The van der Waals surface area contributed by atoms with Gasteiger partial charge in [-0.2, -0.15) is 5.10 Å². The molecule has 0 unspecified atom stereocenters. The van der Waals surface area contributed by atoms with Crippen LogP contribution < -0.4 is 14.9 Å². The molecule has 3 rings (SSSR count). The molecule has 0 aliphatic heterocycles. The zero-order valence-corrected chi connectivity index (χ0v) is 15.4. The third kappa shape index (κ3) is 4.50. The number of nitrogens with one attached hydrogen (secondary N) is 1. The number of nitrogens with zero attached hydrogens (tertiary/aromatic N) is 2. The van der Waals surface area contributed by atoms with E-state index >= 15 is 0 Å². The van der Waals surface area contributed by atoms with Gasteiger partial charge in [0.05, 0.1) is 26.2 Å². The molecule has 8 nitrogen and oxygen atoms in total. The standard InChI is InChI=1S/C18H17N3O5S/c1-24-14-7-11(8-15(25-2)17(14)23)9-19-21-16(22)10-27-18-20-12-5-3-4-6-13(12)26-18/h3-9,23H,10H2,1-2H3,(H,21,22)/b19-9-. The van der Waals surface area contributed by atoms with Gasteiger partial charge in [0.25, 0.3) is 11.1 Å². The van der Waals surface area contributed by atoms with Crippen LogP contribution in [0.3, 0.4) is 0 Å². The molecule has 0 atom stereocenters. The van der Waals surface area contributed by atoms with Gasteiger partial charge in [-0.1, -0.05) is 23.9 Å². The van der Waals surface area contributed by atoms with E-state index in [9.17, 15) is 9.90 Å². The number of hydrazone groups is 1. The molecular formula is C18H17N3O5S. The van der Waals surface area contributed by atoms with Gasteiger partial charge >= 0.3 is 0 Å². The van der Waals surface area contributed by atoms with E-state index in [-0.39, 0.29) is 28.9 Å². The van der Waals surface area contributed by atoms with Crippen molar-refractivity contribution in [3.05, 3.63) is 42.0 Å². The minimum atomic E-state index is -0.309. The lowest BCUT2D eigenvalue weighted by molar-refractivity contribution is -0.118. The summed E-state index contributed by atoms with van der Waals surface area (Å²) in [6.45, 7) is 0. The number of oxazole rings is 1. The number of methoxy groups -OCH3 is 2. The Morgan fingerprint density at radius 3 is 2.67 bits per heavy atom. The van der Waals surface area contributed by atoms with E-state index in [0.29, 0.717) is 16.4 Å². The van der Waals surface area contributed by atoms with Gasteiger partial charge in [-0.05, 0) is 24.3 Å². The third-order valence-electron chi connectivity index (χ3n) is 3.51. The molecule has 0 saturated carbocycles. The average molecular weight is 387 g/mol. The van der Waals surface area contributed by atoms with Crippen molar-refractivity contribution in [3.8, 4) is 17.2 Å². The predicted octanol–water partition coefficient (Wildman–Crippen LogP) is 2.79. The number of fused-ring (bicyclic) bond motifs is 1. The van der Waals surface area contributed by atoms with Crippen LogP contribution in [0, 0.1) is 0 Å². The Morgan fingerprint density at radius 1 is 1.30 bits per heavy atom. The van der Waals surface area contributed by atoms with Crippen molar-refractivity contribution in [3.63, 3.8) is 0 Å². The highest BCUT2D eigenvalue weighted by Gasteiger charge is 2.11. The first-order chi connectivity index (χ1) is 13.1. The fourth-order valence-electron chi connectivity index (χ4n) is 2.24. The molecule has 0 aliphatic carbocycles. The second-order valence-electron chi connectivity index (χ2n) is 5.30. The molecule has 0 bridgehead atoms. The number of amides is 1. The number of aromatic hydroxyl groups is 1. The lowest BCUT2D eigenvalue weighted by atomic mass is 10.2. The minimum absolute atomic E-state index is 0.101. The number of hydrogen-bond acceptors (Lipinski definition) is 8. The maximum absolute atomic E-state index is 11.9. The van der Waals surface area contributed by atoms with Crippen molar-refractivity contribution in [1.29, 1.82) is 0 Å². The van der Waals surface area contributed by atoms with Crippen LogP contribution >= 0.6 is 11.8 Å². The first-order valence-electron chi connectivity index (χ1n) is 7.86. The van der Waals surface area contributed by atoms with Gasteiger partial charge in [-0.15, -0.1) is 0 Å². The largest absolute Gasteiger partial charge is 0.502 e. The lowest BCUT2D eigenvalue weighted by Gasteiger charge is -2.09. The highest BCUT2D eigenvalue weighted by molar-refractivity contribution is 7.99. The summed E-state index contributed by atoms with van der Waals surface area (Å²) in [5, 5.41) is 14.2. The summed E-state index contributed by atoms with van der Waals surface area (Å²) >= 11 is 1.18. The van der Waals surface area contributed by atoms with E-state index in [1.165, 1.54) is 32.2 Å². The topological polar surface area (TPSA) is 106 Å². The number of phenolic OH excluding ortho intramolecular Hbond substituents is 1. The van der Waals surface area contributed by atoms with Crippen LogP contribution in [0.4, 0.5) is 0 Å². The Kier molecular flexibility index (Phi) is 5.82. The van der Waals surface area contributed by atoms with Crippen LogP contribution in [-0.4, -0.2) is 42.2 Å². The van der Waals surface area contributed by atoms with E-state index in [2.05, 4.69) is 15.5 Å². The zero-order chi connectivity index (χ0) is 19.2. The van der Waals surface area contributed by atoms with Crippen LogP contribution in [0.25, 0.3) is 11.1 Å². The van der Waals surface area contributed by atoms with Crippen molar-refractivity contribution in [2.24, 2.45) is 5.10 Å². The van der Waals surface area contributed by atoms with Crippen LogP contribution in [0.2, 0.25) is 0 Å². The quantitative estimate of drug-likeness (QED) is 0.365.